The number of nitrogens with one attached hydrogen (secondary N) is 1. The van der Waals surface area contributed by atoms with E-state index in [0.29, 0.717) is 6.10 Å². The van der Waals surface area contributed by atoms with E-state index in [-0.39, 0.29) is 0 Å². The number of H-pyrrole nitrogens is 1. The first-order valence-electron chi connectivity index (χ1n) is 14.7. The second kappa shape index (κ2) is 13.7. The van der Waals surface area contributed by atoms with Crippen molar-refractivity contribution in [3.05, 3.63) is 123 Å². The molecule has 0 bridgehead atoms. The Labute approximate surface area is 267 Å². The maximum Gasteiger partial charge on any atom is 0.134 e. The Kier molecular flexibility index (Phi) is 9.72. The summed E-state index contributed by atoms with van der Waals surface area (Å²) in [7, 11) is 0. The monoisotopic (exact) mass is 623 g/mol. The van der Waals surface area contributed by atoms with E-state index in [1.54, 1.807) is 11.3 Å². The van der Waals surface area contributed by atoms with Crippen LogP contribution in [0.15, 0.2) is 83.3 Å². The first-order valence-corrected chi connectivity index (χ1v) is 15.9. The number of ether oxygens (including phenoxy) is 1. The highest BCUT2D eigenvalue weighted by molar-refractivity contribution is 7.18. The molecule has 7 heteroatoms. The van der Waals surface area contributed by atoms with E-state index in [1.807, 2.05) is 51.1 Å². The summed E-state index contributed by atoms with van der Waals surface area (Å²) in [5.41, 5.74) is 9.38. The van der Waals surface area contributed by atoms with Gasteiger partial charge in [0.25, 0.3) is 0 Å². The largest absolute Gasteiger partial charge is 0.490 e. The highest BCUT2D eigenvalue weighted by atomic mass is 35.5. The van der Waals surface area contributed by atoms with E-state index in [0.717, 1.165) is 55.9 Å². The van der Waals surface area contributed by atoms with E-state index < -0.39 is 0 Å². The summed E-state index contributed by atoms with van der Waals surface area (Å²) in [5, 5.41) is 3.03. The van der Waals surface area contributed by atoms with Crippen molar-refractivity contribution in [2.75, 3.05) is 0 Å². The van der Waals surface area contributed by atoms with Crippen molar-refractivity contribution in [2.45, 2.75) is 61.0 Å². The van der Waals surface area contributed by atoms with Gasteiger partial charge in [-0.3, -0.25) is 0 Å². The Bertz CT molecular complexity index is 1850. The molecule has 1 aliphatic rings. The Morgan fingerprint density at radius 3 is 2.32 bits per heavy atom. The Hall–Kier alpha value is -4.13. The van der Waals surface area contributed by atoms with E-state index in [4.69, 9.17) is 20.8 Å². The Morgan fingerprint density at radius 2 is 1.50 bits per heavy atom. The Morgan fingerprint density at radius 1 is 0.773 bits per heavy atom. The molecule has 4 heterocycles. The molecule has 8 rings (SSSR count). The average Bonchev–Trinajstić information content (AvgIpc) is 3.71. The smallest absolute Gasteiger partial charge is 0.134 e. The van der Waals surface area contributed by atoms with E-state index in [1.165, 1.54) is 32.3 Å². The van der Waals surface area contributed by atoms with Crippen molar-refractivity contribution in [2.24, 2.45) is 0 Å². The number of aromatic nitrogens is 3. The first kappa shape index (κ1) is 31.3. The zero-order valence-electron chi connectivity index (χ0n) is 26.3. The normalized spacial score (nSPS) is 13.3. The lowest BCUT2D eigenvalue weighted by molar-refractivity contribution is 0.254. The van der Waals surface area contributed by atoms with Gasteiger partial charge in [-0.25, -0.2) is 9.97 Å². The van der Waals surface area contributed by atoms with Gasteiger partial charge in [-0.15, -0.1) is 11.3 Å². The molecule has 0 amide bonds. The molecule has 1 aliphatic heterocycles. The van der Waals surface area contributed by atoms with Crippen LogP contribution < -0.4 is 4.74 Å². The third-order valence-electron chi connectivity index (χ3n) is 7.06. The second-order valence-corrected chi connectivity index (χ2v) is 13.0. The molecule has 0 radical (unpaired) electrons. The molecule has 3 aromatic heterocycles. The molecule has 0 saturated heterocycles. The lowest BCUT2D eigenvalue weighted by Crippen LogP contribution is -2.05. The van der Waals surface area contributed by atoms with Crippen LogP contribution in [0.3, 0.4) is 0 Å². The number of thiazole rings is 1. The van der Waals surface area contributed by atoms with Crippen molar-refractivity contribution in [3.63, 3.8) is 0 Å². The number of aryl methyl sites for hydroxylation is 6. The third-order valence-corrected chi connectivity index (χ3v) is 8.25. The molecule has 7 aromatic rings. The fraction of sp³-hybridized carbons (Fsp3) is 0.243. The van der Waals surface area contributed by atoms with Gasteiger partial charge in [-0.05, 0) is 114 Å². The molecule has 5 nitrogen and oxygen atoms in total. The molecule has 226 valence electrons. The summed E-state index contributed by atoms with van der Waals surface area (Å²) in [5.74, 6) is 3.03. The van der Waals surface area contributed by atoms with Crippen LogP contribution in [0.1, 0.15) is 45.8 Å². The number of aromatic amines is 1. The Balaban J connectivity index is 0.000000116. The van der Waals surface area contributed by atoms with Crippen LogP contribution in [0.25, 0.3) is 32.2 Å². The highest BCUT2D eigenvalue weighted by Crippen LogP contribution is 2.29. The van der Waals surface area contributed by atoms with E-state index in [2.05, 4.69) is 91.2 Å². The van der Waals surface area contributed by atoms with Gasteiger partial charge in [-0.2, -0.15) is 0 Å². The maximum absolute atomic E-state index is 5.79. The number of furan rings is 1. The topological polar surface area (TPSA) is 63.9 Å². The number of nitrogens with zero attached hydrogens (tertiary/aromatic N) is 2. The second-order valence-electron chi connectivity index (χ2n) is 11.3. The minimum absolute atomic E-state index is 0.367. The van der Waals surface area contributed by atoms with Gasteiger partial charge in [0.05, 0.1) is 26.3 Å². The first-order chi connectivity index (χ1) is 21.0. The van der Waals surface area contributed by atoms with Gasteiger partial charge in [0.2, 0.25) is 0 Å². The number of hydrogen-bond donors (Lipinski definition) is 1. The number of benzene rings is 4. The fourth-order valence-corrected chi connectivity index (χ4v) is 6.09. The van der Waals surface area contributed by atoms with Crippen LogP contribution in [-0.4, -0.2) is 21.1 Å². The van der Waals surface area contributed by atoms with E-state index >= 15 is 0 Å². The zero-order chi connectivity index (χ0) is 31.4. The van der Waals surface area contributed by atoms with Crippen molar-refractivity contribution >= 4 is 55.2 Å². The third kappa shape index (κ3) is 8.07. The van der Waals surface area contributed by atoms with Crippen LogP contribution in [0, 0.1) is 41.5 Å². The molecule has 44 heavy (non-hydrogen) atoms. The molecular formula is C37H38ClN3O2S. The summed E-state index contributed by atoms with van der Waals surface area (Å²) in [6.45, 7) is 14.3. The molecular weight excluding hydrogens is 586 g/mol. The fourth-order valence-electron chi connectivity index (χ4n) is 5.11. The predicted octanol–water partition coefficient (Wildman–Crippen LogP) is 10.8. The van der Waals surface area contributed by atoms with Gasteiger partial charge < -0.3 is 14.1 Å². The van der Waals surface area contributed by atoms with Crippen LogP contribution >= 0.6 is 22.9 Å². The standard InChI is InChI=1S/C10H12O.C10H10O.C9H10N2.C8H6ClNS/c2*1-7-3-4-10-9(5-7)6-8(2)11-10;1-6-3-4-8-9(5-6)11-7(2)10-8;1-5-10-7-4-6(9)2-3-8(7)11-5/h3-5,8H,6H2,1-2H3;3-6H,1-2H3;3-5H,1-2H3,(H,10,11);2-4H,1H3. The molecule has 0 saturated carbocycles. The minimum Gasteiger partial charge on any atom is -0.490 e. The van der Waals surface area contributed by atoms with Crippen LogP contribution in [0.4, 0.5) is 0 Å². The number of rotatable bonds is 0. The van der Waals surface area contributed by atoms with Gasteiger partial charge in [0.1, 0.15) is 29.0 Å². The minimum atomic E-state index is 0.367. The highest BCUT2D eigenvalue weighted by Gasteiger charge is 2.17. The zero-order valence-corrected chi connectivity index (χ0v) is 27.9. The SMILES string of the molecule is Cc1ccc2c(c1)CC(C)O2.Cc1ccc2nc(C)[nH]c2c1.Cc1ccc2oc(C)cc2c1.Cc1nc2cc(Cl)ccc2s1. The lowest BCUT2D eigenvalue weighted by Gasteiger charge is -2.01. The van der Waals surface area contributed by atoms with Gasteiger partial charge in [0, 0.05) is 16.8 Å². The van der Waals surface area contributed by atoms with Gasteiger partial charge in [0.15, 0.2) is 0 Å². The summed E-state index contributed by atoms with van der Waals surface area (Å²) in [6.07, 6.45) is 1.43. The summed E-state index contributed by atoms with van der Waals surface area (Å²) < 4.78 is 12.2. The molecule has 0 fully saturated rings. The quantitative estimate of drug-likeness (QED) is 0.182. The molecule has 0 spiro atoms. The molecule has 1 atom stereocenters. The number of fused-ring (bicyclic) bond motifs is 4. The van der Waals surface area contributed by atoms with Crippen molar-refractivity contribution in [1.82, 2.24) is 15.0 Å². The van der Waals surface area contributed by atoms with E-state index in [9.17, 15) is 0 Å². The molecule has 0 aliphatic carbocycles. The number of hydrogen-bond acceptors (Lipinski definition) is 5. The van der Waals surface area contributed by atoms with Crippen molar-refractivity contribution in [1.29, 1.82) is 0 Å². The maximum atomic E-state index is 5.79. The average molecular weight is 624 g/mol. The summed E-state index contributed by atoms with van der Waals surface area (Å²) >= 11 is 7.48. The number of halogens is 1. The van der Waals surface area contributed by atoms with Gasteiger partial charge in [-0.1, -0.05) is 47.0 Å². The molecule has 4 aromatic carbocycles. The van der Waals surface area contributed by atoms with Crippen molar-refractivity contribution in [3.8, 4) is 5.75 Å². The predicted molar refractivity (Wildman–Crippen MR) is 186 cm³/mol. The molecule has 1 N–H and O–H groups in total. The summed E-state index contributed by atoms with van der Waals surface area (Å²) in [4.78, 5) is 11.8. The van der Waals surface area contributed by atoms with Gasteiger partial charge >= 0.3 is 0 Å². The van der Waals surface area contributed by atoms with Crippen LogP contribution in [0.5, 0.6) is 5.75 Å². The summed E-state index contributed by atoms with van der Waals surface area (Å²) in [6, 6.07) is 26.6. The molecule has 1 unspecified atom stereocenters. The van der Waals surface area contributed by atoms with Crippen LogP contribution in [-0.2, 0) is 6.42 Å². The van der Waals surface area contributed by atoms with Crippen molar-refractivity contribution < 1.29 is 9.15 Å². The lowest BCUT2D eigenvalue weighted by atomic mass is 10.1. The number of imidazole rings is 1. The van der Waals surface area contributed by atoms with Crippen LogP contribution in [0.2, 0.25) is 5.02 Å².